The maximum Gasteiger partial charge on any atom is 0.354 e. The Morgan fingerprint density at radius 1 is 0.733 bits per heavy atom. The fourth-order valence-electron chi connectivity index (χ4n) is 1.93. The maximum atomic E-state index is 10.4. The highest BCUT2D eigenvalue weighted by molar-refractivity contribution is 5.85. The smallest absolute Gasteiger partial charge is 0.354 e. The third-order valence-corrected chi connectivity index (χ3v) is 3.38. The first-order valence-electron chi connectivity index (χ1n) is 8.62. The molecule has 9 nitrogen and oxygen atoms in total. The van der Waals surface area contributed by atoms with Crippen LogP contribution in [0.3, 0.4) is 0 Å². The zero-order valence-electron chi connectivity index (χ0n) is 15.8. The van der Waals surface area contributed by atoms with E-state index in [2.05, 4.69) is 9.97 Å². The molecule has 9 heteroatoms. The van der Waals surface area contributed by atoms with E-state index in [1.54, 1.807) is 24.3 Å². The number of rotatable bonds is 5. The van der Waals surface area contributed by atoms with E-state index in [9.17, 15) is 14.4 Å². The van der Waals surface area contributed by atoms with Gasteiger partial charge >= 0.3 is 17.9 Å². The van der Waals surface area contributed by atoms with Crippen LogP contribution in [0.4, 0.5) is 0 Å². The van der Waals surface area contributed by atoms with Gasteiger partial charge in [-0.15, -0.1) is 0 Å². The molecule has 0 fully saturated rings. The molecule has 156 valence electrons. The van der Waals surface area contributed by atoms with Crippen LogP contribution in [-0.2, 0) is 11.2 Å². The number of carbonyl (C=O) groups is 3. The Hall–Kier alpha value is -4.11. The number of aromatic nitrogens is 2. The molecular formula is C21H21N3O6. The Morgan fingerprint density at radius 2 is 1.17 bits per heavy atom. The maximum absolute atomic E-state index is 10.4. The Labute approximate surface area is 172 Å². The Bertz CT molecular complexity index is 872. The minimum atomic E-state index is -0.990. The molecule has 0 saturated heterocycles. The van der Waals surface area contributed by atoms with E-state index < -0.39 is 23.9 Å². The molecule has 0 bridgehead atoms. The quantitative estimate of drug-likeness (QED) is 0.492. The predicted octanol–water partition coefficient (Wildman–Crippen LogP) is 2.20. The zero-order valence-corrected chi connectivity index (χ0v) is 15.8. The highest BCUT2D eigenvalue weighted by Gasteiger charge is 2.10. The average Bonchev–Trinajstić information content (AvgIpc) is 2.76. The highest BCUT2D eigenvalue weighted by Crippen LogP contribution is 2.01. The van der Waals surface area contributed by atoms with Crippen LogP contribution in [0, 0.1) is 0 Å². The lowest BCUT2D eigenvalue weighted by Crippen LogP contribution is -2.32. The lowest BCUT2D eigenvalue weighted by molar-refractivity contribution is -0.138. The number of benzene rings is 1. The largest absolute Gasteiger partial charge is 0.480 e. The van der Waals surface area contributed by atoms with Crippen LogP contribution in [-0.4, -0.2) is 49.2 Å². The Morgan fingerprint density at radius 3 is 1.47 bits per heavy atom. The molecule has 1 unspecified atom stereocenters. The first-order valence-corrected chi connectivity index (χ1v) is 8.62. The van der Waals surface area contributed by atoms with Crippen molar-refractivity contribution in [3.8, 4) is 0 Å². The van der Waals surface area contributed by atoms with E-state index in [0.717, 1.165) is 5.56 Å². The van der Waals surface area contributed by atoms with E-state index in [1.165, 1.54) is 24.5 Å². The highest BCUT2D eigenvalue weighted by atomic mass is 16.4. The van der Waals surface area contributed by atoms with Gasteiger partial charge in [0.25, 0.3) is 0 Å². The van der Waals surface area contributed by atoms with Crippen molar-refractivity contribution < 1.29 is 29.7 Å². The molecule has 0 radical (unpaired) electrons. The van der Waals surface area contributed by atoms with Gasteiger partial charge in [0.05, 0.1) is 0 Å². The molecule has 0 aliphatic carbocycles. The normalized spacial score (nSPS) is 10.3. The third-order valence-electron chi connectivity index (χ3n) is 3.38. The van der Waals surface area contributed by atoms with Gasteiger partial charge in [0.1, 0.15) is 17.4 Å². The molecule has 0 aliphatic rings. The number of carboxylic acid groups (broad SMARTS) is 3. The monoisotopic (exact) mass is 411 g/mol. The van der Waals surface area contributed by atoms with E-state index >= 15 is 0 Å². The molecule has 3 aromatic rings. The van der Waals surface area contributed by atoms with E-state index in [1.807, 2.05) is 30.3 Å². The van der Waals surface area contributed by atoms with Gasteiger partial charge in [-0.25, -0.2) is 19.6 Å². The van der Waals surface area contributed by atoms with Crippen LogP contribution in [0.1, 0.15) is 26.5 Å². The molecule has 2 heterocycles. The SMILES string of the molecule is NC(Cc1ccccc1)C(=O)O.O=C(O)c1ccccn1.O=C(O)c1ccccn1. The second-order valence-electron chi connectivity index (χ2n) is 5.67. The van der Waals surface area contributed by atoms with Gasteiger partial charge in [-0.05, 0) is 36.2 Å². The van der Waals surface area contributed by atoms with E-state index in [0.29, 0.717) is 6.42 Å². The van der Waals surface area contributed by atoms with Crippen LogP contribution in [0.25, 0.3) is 0 Å². The van der Waals surface area contributed by atoms with Gasteiger partial charge in [-0.2, -0.15) is 0 Å². The summed E-state index contributed by atoms with van der Waals surface area (Å²) in [5.74, 6) is -2.94. The lowest BCUT2D eigenvalue weighted by Gasteiger charge is -2.04. The molecule has 0 spiro atoms. The van der Waals surface area contributed by atoms with Gasteiger partial charge in [-0.1, -0.05) is 42.5 Å². The molecule has 1 atom stereocenters. The van der Waals surface area contributed by atoms with Gasteiger partial charge < -0.3 is 21.1 Å². The molecule has 0 saturated carbocycles. The standard InChI is InChI=1S/C9H11NO2.2C6H5NO2/c10-8(9(11)12)6-7-4-2-1-3-5-7;2*8-6(9)5-3-1-2-4-7-5/h1-5,8H,6,10H2,(H,11,12);2*1-4H,(H,8,9). The first-order chi connectivity index (χ1) is 14.3. The second kappa shape index (κ2) is 13.1. The fourth-order valence-corrected chi connectivity index (χ4v) is 1.93. The van der Waals surface area contributed by atoms with Crippen molar-refractivity contribution in [2.24, 2.45) is 5.73 Å². The van der Waals surface area contributed by atoms with E-state index in [4.69, 9.17) is 21.1 Å². The minimum Gasteiger partial charge on any atom is -0.480 e. The summed E-state index contributed by atoms with van der Waals surface area (Å²) in [6.07, 6.45) is 3.28. The molecule has 1 aromatic carbocycles. The number of pyridine rings is 2. The fraction of sp³-hybridized carbons (Fsp3) is 0.0952. The molecule has 3 rings (SSSR count). The van der Waals surface area contributed by atoms with Crippen molar-refractivity contribution in [2.75, 3.05) is 0 Å². The van der Waals surface area contributed by atoms with Crippen molar-refractivity contribution in [3.63, 3.8) is 0 Å². The summed E-state index contributed by atoms with van der Waals surface area (Å²) >= 11 is 0. The number of hydrogen-bond acceptors (Lipinski definition) is 6. The zero-order chi connectivity index (χ0) is 22.4. The second-order valence-corrected chi connectivity index (χ2v) is 5.67. The molecule has 0 aliphatic heterocycles. The average molecular weight is 411 g/mol. The summed E-state index contributed by atoms with van der Waals surface area (Å²) in [5.41, 5.74) is 6.46. The summed E-state index contributed by atoms with van der Waals surface area (Å²) in [7, 11) is 0. The number of nitrogens with zero attached hydrogens (tertiary/aromatic N) is 2. The van der Waals surface area contributed by atoms with Crippen molar-refractivity contribution in [2.45, 2.75) is 12.5 Å². The first kappa shape index (κ1) is 23.9. The predicted molar refractivity (Wildman–Crippen MR) is 108 cm³/mol. The van der Waals surface area contributed by atoms with Gasteiger partial charge in [0, 0.05) is 12.4 Å². The summed E-state index contributed by atoms with van der Waals surface area (Å²) in [6.45, 7) is 0. The van der Waals surface area contributed by atoms with E-state index in [-0.39, 0.29) is 11.4 Å². The molecular weight excluding hydrogens is 390 g/mol. The van der Waals surface area contributed by atoms with Gasteiger partial charge in [0.2, 0.25) is 0 Å². The molecule has 2 aromatic heterocycles. The number of nitrogens with two attached hydrogens (primary N) is 1. The molecule has 0 amide bonds. The van der Waals surface area contributed by atoms with Crippen LogP contribution in [0.2, 0.25) is 0 Å². The third kappa shape index (κ3) is 9.72. The summed E-state index contributed by atoms with van der Waals surface area (Å²) < 4.78 is 0. The summed E-state index contributed by atoms with van der Waals surface area (Å²) in [6, 6.07) is 18.1. The van der Waals surface area contributed by atoms with Gasteiger partial charge in [-0.3, -0.25) is 4.79 Å². The van der Waals surface area contributed by atoms with Crippen LogP contribution < -0.4 is 5.73 Å². The van der Waals surface area contributed by atoms with Crippen LogP contribution in [0.15, 0.2) is 79.1 Å². The van der Waals surface area contributed by atoms with Crippen LogP contribution >= 0.6 is 0 Å². The molecule has 5 N–H and O–H groups in total. The number of aromatic carboxylic acids is 2. The minimum absolute atomic E-state index is 0.0810. The lowest BCUT2D eigenvalue weighted by atomic mass is 10.1. The summed E-state index contributed by atoms with van der Waals surface area (Å²) in [5, 5.41) is 25.2. The van der Waals surface area contributed by atoms with Crippen LogP contribution in [0.5, 0.6) is 0 Å². The number of hydrogen-bond donors (Lipinski definition) is 4. The Kier molecular flexibility index (Phi) is 10.5. The van der Waals surface area contributed by atoms with Crippen molar-refractivity contribution in [1.82, 2.24) is 9.97 Å². The number of carboxylic acids is 3. The van der Waals surface area contributed by atoms with Crippen molar-refractivity contribution >= 4 is 17.9 Å². The topological polar surface area (TPSA) is 164 Å². The number of aliphatic carboxylic acids is 1. The van der Waals surface area contributed by atoms with Gasteiger partial charge in [0.15, 0.2) is 0 Å². The van der Waals surface area contributed by atoms with Crippen molar-refractivity contribution in [1.29, 1.82) is 0 Å². The Balaban J connectivity index is 0.000000229. The van der Waals surface area contributed by atoms with Crippen molar-refractivity contribution in [3.05, 3.63) is 96.1 Å². The summed E-state index contributed by atoms with van der Waals surface area (Å²) in [4.78, 5) is 37.8. The molecule has 30 heavy (non-hydrogen) atoms.